The highest BCUT2D eigenvalue weighted by Gasteiger charge is 2.45. The molecule has 14 heavy (non-hydrogen) atoms. The molecule has 1 amide bonds. The molecule has 0 saturated heterocycles. The molecule has 0 aliphatic heterocycles. The monoisotopic (exact) mass is 191 g/mol. The second-order valence-corrected chi connectivity index (χ2v) is 3.56. The highest BCUT2D eigenvalue weighted by Crippen LogP contribution is 2.45. The topological polar surface area (TPSA) is 38.3 Å². The van der Waals surface area contributed by atoms with E-state index in [4.69, 9.17) is 0 Å². The fourth-order valence-corrected chi connectivity index (χ4v) is 1.61. The lowest BCUT2D eigenvalue weighted by molar-refractivity contribution is 0.165. The third-order valence-electron chi connectivity index (χ3n) is 2.60. The van der Waals surface area contributed by atoms with E-state index in [1.54, 1.807) is 0 Å². The van der Waals surface area contributed by atoms with Crippen LogP contribution in [0.5, 0.6) is 0 Å². The average molecular weight is 191 g/mol. The van der Waals surface area contributed by atoms with Crippen LogP contribution in [0.15, 0.2) is 30.3 Å². The number of amides is 1. The maximum absolute atomic E-state index is 11.1. The van der Waals surface area contributed by atoms with Gasteiger partial charge in [-0.3, -0.25) is 0 Å². The van der Waals surface area contributed by atoms with Gasteiger partial charge in [-0.05, 0) is 18.4 Å². The zero-order valence-corrected chi connectivity index (χ0v) is 8.12. The van der Waals surface area contributed by atoms with Gasteiger partial charge in [0.05, 0.1) is 12.6 Å². The van der Waals surface area contributed by atoms with E-state index in [-0.39, 0.29) is 11.6 Å². The Labute approximate surface area is 83.1 Å². The summed E-state index contributed by atoms with van der Waals surface area (Å²) >= 11 is 0. The molecule has 1 aromatic rings. The molecule has 0 spiro atoms. The van der Waals surface area contributed by atoms with E-state index < -0.39 is 0 Å². The Morgan fingerprint density at radius 1 is 1.36 bits per heavy atom. The number of alkyl carbamates (subject to hydrolysis) is 1. The summed E-state index contributed by atoms with van der Waals surface area (Å²) in [4.78, 5) is 11.1. The van der Waals surface area contributed by atoms with Gasteiger partial charge in [-0.1, -0.05) is 30.3 Å². The van der Waals surface area contributed by atoms with Crippen LogP contribution in [0.1, 0.15) is 18.4 Å². The molecule has 3 nitrogen and oxygen atoms in total. The Hall–Kier alpha value is -1.51. The van der Waals surface area contributed by atoms with Crippen LogP contribution in [-0.2, 0) is 10.3 Å². The van der Waals surface area contributed by atoms with Crippen molar-refractivity contribution >= 4 is 6.09 Å². The number of carbonyl (C=O) groups excluding carboxylic acids is 1. The highest BCUT2D eigenvalue weighted by molar-refractivity contribution is 5.69. The predicted octanol–water partition coefficient (Wildman–Crippen LogP) is 2.03. The molecule has 0 aromatic heterocycles. The van der Waals surface area contributed by atoms with Crippen molar-refractivity contribution in [3.05, 3.63) is 35.9 Å². The smallest absolute Gasteiger partial charge is 0.407 e. The molecular weight excluding hydrogens is 178 g/mol. The number of ether oxygens (including phenoxy) is 1. The molecule has 1 aromatic carbocycles. The SMILES string of the molecule is COC(=O)NC1(c2ccccc2)CC1. The van der Waals surface area contributed by atoms with E-state index in [1.165, 1.54) is 7.11 Å². The van der Waals surface area contributed by atoms with Gasteiger partial charge in [0.15, 0.2) is 0 Å². The van der Waals surface area contributed by atoms with Crippen molar-refractivity contribution in [2.24, 2.45) is 0 Å². The van der Waals surface area contributed by atoms with Crippen molar-refractivity contribution in [2.45, 2.75) is 18.4 Å². The molecule has 0 heterocycles. The summed E-state index contributed by atoms with van der Waals surface area (Å²) in [6.07, 6.45) is 1.63. The molecule has 3 heteroatoms. The zero-order valence-electron chi connectivity index (χ0n) is 8.12. The Kier molecular flexibility index (Phi) is 2.15. The van der Waals surface area contributed by atoms with Gasteiger partial charge in [-0.25, -0.2) is 4.79 Å². The third-order valence-corrected chi connectivity index (χ3v) is 2.60. The van der Waals surface area contributed by atoms with Crippen LogP contribution in [0.4, 0.5) is 4.79 Å². The van der Waals surface area contributed by atoms with Crippen molar-refractivity contribution in [2.75, 3.05) is 7.11 Å². The molecule has 1 N–H and O–H groups in total. The molecule has 0 radical (unpaired) electrons. The lowest BCUT2D eigenvalue weighted by Crippen LogP contribution is -2.34. The van der Waals surface area contributed by atoms with Gasteiger partial charge >= 0.3 is 6.09 Å². The first-order chi connectivity index (χ1) is 6.77. The first kappa shape index (κ1) is 9.06. The minimum absolute atomic E-state index is 0.158. The number of hydrogen-bond acceptors (Lipinski definition) is 2. The van der Waals surface area contributed by atoms with E-state index >= 15 is 0 Å². The fourth-order valence-electron chi connectivity index (χ4n) is 1.61. The van der Waals surface area contributed by atoms with Gasteiger partial charge in [0, 0.05) is 0 Å². The maximum atomic E-state index is 11.1. The molecule has 0 bridgehead atoms. The summed E-state index contributed by atoms with van der Waals surface area (Å²) in [5, 5.41) is 2.87. The van der Waals surface area contributed by atoms with Crippen LogP contribution >= 0.6 is 0 Å². The predicted molar refractivity (Wildman–Crippen MR) is 52.9 cm³/mol. The second-order valence-electron chi connectivity index (χ2n) is 3.56. The lowest BCUT2D eigenvalue weighted by atomic mass is 10.1. The first-order valence-corrected chi connectivity index (χ1v) is 4.68. The quantitative estimate of drug-likeness (QED) is 0.776. The number of carbonyl (C=O) groups is 1. The molecule has 1 fully saturated rings. The van der Waals surface area contributed by atoms with Gasteiger partial charge in [0.25, 0.3) is 0 Å². The Bertz CT molecular complexity index is 330. The largest absolute Gasteiger partial charge is 0.453 e. The van der Waals surface area contributed by atoms with Crippen molar-refractivity contribution in [1.82, 2.24) is 5.32 Å². The molecule has 0 unspecified atom stereocenters. The van der Waals surface area contributed by atoms with E-state index in [9.17, 15) is 4.79 Å². The summed E-state index contributed by atoms with van der Waals surface area (Å²) in [5.41, 5.74) is 0.999. The minimum Gasteiger partial charge on any atom is -0.453 e. The first-order valence-electron chi connectivity index (χ1n) is 4.68. The maximum Gasteiger partial charge on any atom is 0.407 e. The number of hydrogen-bond donors (Lipinski definition) is 1. The van der Waals surface area contributed by atoms with Gasteiger partial charge < -0.3 is 10.1 Å². The Morgan fingerprint density at radius 3 is 2.50 bits per heavy atom. The molecule has 0 atom stereocenters. The highest BCUT2D eigenvalue weighted by atomic mass is 16.5. The normalized spacial score (nSPS) is 17.2. The molecule has 74 valence electrons. The second kappa shape index (κ2) is 3.33. The van der Waals surface area contributed by atoms with Gasteiger partial charge in [0.2, 0.25) is 0 Å². The van der Waals surface area contributed by atoms with Crippen LogP contribution < -0.4 is 5.32 Å². The standard InChI is InChI=1S/C11H13NO2/c1-14-10(13)12-11(7-8-11)9-5-3-2-4-6-9/h2-6H,7-8H2,1H3,(H,12,13). The van der Waals surface area contributed by atoms with Crippen LogP contribution in [0.3, 0.4) is 0 Å². The van der Waals surface area contributed by atoms with Crippen molar-refractivity contribution in [1.29, 1.82) is 0 Å². The number of rotatable bonds is 2. The van der Waals surface area contributed by atoms with Crippen LogP contribution in [-0.4, -0.2) is 13.2 Å². The Balaban J connectivity index is 2.14. The van der Waals surface area contributed by atoms with Crippen LogP contribution in [0.2, 0.25) is 0 Å². The third kappa shape index (κ3) is 1.58. The van der Waals surface area contributed by atoms with Crippen LogP contribution in [0.25, 0.3) is 0 Å². The van der Waals surface area contributed by atoms with Gasteiger partial charge in [-0.2, -0.15) is 0 Å². The van der Waals surface area contributed by atoms with E-state index in [0.29, 0.717) is 0 Å². The van der Waals surface area contributed by atoms with Crippen molar-refractivity contribution in [3.63, 3.8) is 0 Å². The molecule has 1 aliphatic rings. The lowest BCUT2D eigenvalue weighted by Gasteiger charge is -2.16. The zero-order chi connectivity index (χ0) is 10.0. The summed E-state index contributed by atoms with van der Waals surface area (Å²) in [6.45, 7) is 0. The van der Waals surface area contributed by atoms with E-state index in [1.807, 2.05) is 30.3 Å². The molecule has 1 aliphatic carbocycles. The minimum atomic E-state index is -0.355. The van der Waals surface area contributed by atoms with Crippen molar-refractivity contribution < 1.29 is 9.53 Å². The number of benzene rings is 1. The fraction of sp³-hybridized carbons (Fsp3) is 0.364. The summed E-state index contributed by atoms with van der Waals surface area (Å²) < 4.78 is 4.60. The molecule has 1 saturated carbocycles. The van der Waals surface area contributed by atoms with Crippen molar-refractivity contribution in [3.8, 4) is 0 Å². The number of methoxy groups -OCH3 is 1. The molecular formula is C11H13NO2. The number of nitrogens with one attached hydrogen (secondary N) is 1. The summed E-state index contributed by atoms with van der Waals surface area (Å²) in [7, 11) is 1.39. The van der Waals surface area contributed by atoms with Gasteiger partial charge in [0.1, 0.15) is 0 Å². The van der Waals surface area contributed by atoms with E-state index in [0.717, 1.165) is 18.4 Å². The molecule has 2 rings (SSSR count). The van der Waals surface area contributed by atoms with Crippen LogP contribution in [0, 0.1) is 0 Å². The summed E-state index contributed by atoms with van der Waals surface area (Å²) in [6, 6.07) is 9.99. The van der Waals surface area contributed by atoms with Gasteiger partial charge in [-0.15, -0.1) is 0 Å². The Morgan fingerprint density at radius 2 is 2.00 bits per heavy atom. The average Bonchev–Trinajstić information content (AvgIpc) is 3.00. The van der Waals surface area contributed by atoms with E-state index in [2.05, 4.69) is 10.1 Å². The summed E-state index contributed by atoms with van der Waals surface area (Å²) in [5.74, 6) is 0.